The molecule has 1 saturated heterocycles. The number of nitrogens with one attached hydrogen (secondary N) is 1. The zero-order valence-electron chi connectivity index (χ0n) is 11.6. The zero-order valence-corrected chi connectivity index (χ0v) is 13.2. The second-order valence-corrected chi connectivity index (χ2v) is 5.68. The third-order valence-electron chi connectivity index (χ3n) is 3.14. The summed E-state index contributed by atoms with van der Waals surface area (Å²) in [6, 6.07) is -0.425. The van der Waals surface area contributed by atoms with Gasteiger partial charge < -0.3 is 16.0 Å². The number of carbonyl (C=O) groups is 1. The number of rotatable bonds is 4. The molecule has 0 aliphatic carbocycles. The van der Waals surface area contributed by atoms with Crippen LogP contribution in [-0.4, -0.2) is 43.0 Å². The fourth-order valence-corrected chi connectivity index (χ4v) is 1.85. The molecule has 0 aromatic heterocycles. The smallest absolute Gasteiger partial charge is 0.237 e. The molecule has 0 spiro atoms. The molecule has 6 heteroatoms. The first-order chi connectivity index (χ1) is 7.41. The predicted octanol–water partition coefficient (Wildman–Crippen LogP) is 1.42. The van der Waals surface area contributed by atoms with E-state index in [2.05, 4.69) is 10.2 Å². The number of hydrogen-bond acceptors (Lipinski definition) is 3. The molecule has 1 aliphatic heterocycles. The fourth-order valence-electron chi connectivity index (χ4n) is 1.85. The van der Waals surface area contributed by atoms with Crippen LogP contribution >= 0.6 is 24.8 Å². The lowest BCUT2D eigenvalue weighted by Gasteiger charge is -2.26. The minimum absolute atomic E-state index is 0. The molecule has 18 heavy (non-hydrogen) atoms. The van der Waals surface area contributed by atoms with Gasteiger partial charge in [0.15, 0.2) is 0 Å². The molecular weight excluding hydrogens is 273 g/mol. The highest BCUT2D eigenvalue weighted by molar-refractivity contribution is 5.85. The molecule has 0 aromatic carbocycles. The van der Waals surface area contributed by atoms with Crippen molar-refractivity contribution in [3.05, 3.63) is 0 Å². The third-order valence-corrected chi connectivity index (χ3v) is 3.14. The van der Waals surface area contributed by atoms with E-state index in [0.717, 1.165) is 6.54 Å². The van der Waals surface area contributed by atoms with Crippen molar-refractivity contribution < 1.29 is 4.79 Å². The second kappa shape index (κ2) is 8.97. The van der Waals surface area contributed by atoms with E-state index in [4.69, 9.17) is 5.73 Å². The molecule has 1 amide bonds. The first kappa shape index (κ1) is 20.3. The van der Waals surface area contributed by atoms with Crippen molar-refractivity contribution in [2.45, 2.75) is 39.7 Å². The van der Waals surface area contributed by atoms with Crippen LogP contribution in [0.5, 0.6) is 0 Å². The van der Waals surface area contributed by atoms with Crippen molar-refractivity contribution >= 4 is 30.7 Å². The first-order valence-corrected chi connectivity index (χ1v) is 6.17. The van der Waals surface area contributed by atoms with Crippen molar-refractivity contribution in [3.8, 4) is 0 Å². The van der Waals surface area contributed by atoms with E-state index in [-0.39, 0.29) is 36.1 Å². The molecule has 3 N–H and O–H groups in total. The average Bonchev–Trinajstić information content (AvgIpc) is 2.67. The van der Waals surface area contributed by atoms with Gasteiger partial charge in [0.25, 0.3) is 0 Å². The Labute approximate surface area is 123 Å². The summed E-state index contributed by atoms with van der Waals surface area (Å²) in [4.78, 5) is 14.1. The van der Waals surface area contributed by atoms with Crippen LogP contribution in [-0.2, 0) is 4.79 Å². The van der Waals surface area contributed by atoms with E-state index in [0.29, 0.717) is 6.54 Å². The molecule has 1 aliphatic rings. The maximum atomic E-state index is 11.7. The minimum Gasteiger partial charge on any atom is -0.353 e. The van der Waals surface area contributed by atoms with E-state index in [1.807, 2.05) is 20.8 Å². The summed E-state index contributed by atoms with van der Waals surface area (Å²) in [5, 5.41) is 2.91. The SMILES string of the molecule is CC(C)(C)[C@H](N)C(=O)NCCN1CCCC1.Cl.Cl. The van der Waals surface area contributed by atoms with Crippen molar-refractivity contribution in [2.24, 2.45) is 11.1 Å². The van der Waals surface area contributed by atoms with Gasteiger partial charge in [-0.2, -0.15) is 0 Å². The number of nitrogens with zero attached hydrogens (tertiary/aromatic N) is 1. The Bertz CT molecular complexity index is 238. The normalized spacial score (nSPS) is 17.6. The molecule has 4 nitrogen and oxygen atoms in total. The number of halogens is 2. The molecule has 110 valence electrons. The largest absolute Gasteiger partial charge is 0.353 e. The van der Waals surface area contributed by atoms with E-state index in [9.17, 15) is 4.79 Å². The highest BCUT2D eigenvalue weighted by Gasteiger charge is 2.27. The number of hydrogen-bond donors (Lipinski definition) is 2. The number of carbonyl (C=O) groups excluding carboxylic acids is 1. The van der Waals surface area contributed by atoms with Crippen LogP contribution in [0.3, 0.4) is 0 Å². The Morgan fingerprint density at radius 2 is 1.78 bits per heavy atom. The summed E-state index contributed by atoms with van der Waals surface area (Å²) < 4.78 is 0. The minimum atomic E-state index is -0.425. The molecule has 0 bridgehead atoms. The van der Waals surface area contributed by atoms with E-state index >= 15 is 0 Å². The predicted molar refractivity (Wildman–Crippen MR) is 80.6 cm³/mol. The quantitative estimate of drug-likeness (QED) is 0.825. The average molecular weight is 300 g/mol. The van der Waals surface area contributed by atoms with Crippen LogP contribution in [0.4, 0.5) is 0 Å². The third kappa shape index (κ3) is 6.78. The second-order valence-electron chi connectivity index (χ2n) is 5.68. The Balaban J connectivity index is 0. The van der Waals surface area contributed by atoms with Crippen LogP contribution in [0.2, 0.25) is 0 Å². The summed E-state index contributed by atoms with van der Waals surface area (Å²) in [6.07, 6.45) is 2.57. The highest BCUT2D eigenvalue weighted by Crippen LogP contribution is 2.17. The fraction of sp³-hybridized carbons (Fsp3) is 0.917. The van der Waals surface area contributed by atoms with E-state index < -0.39 is 6.04 Å². The standard InChI is InChI=1S/C12H25N3O.2ClH/c1-12(2,3)10(13)11(16)14-6-9-15-7-4-5-8-15;;/h10H,4-9,13H2,1-3H3,(H,14,16);2*1H/t10-;;/m1../s1. The van der Waals surface area contributed by atoms with Crippen molar-refractivity contribution in [2.75, 3.05) is 26.2 Å². The molecule has 1 atom stereocenters. The lowest BCUT2D eigenvalue weighted by Crippen LogP contribution is -2.49. The highest BCUT2D eigenvalue weighted by atomic mass is 35.5. The molecule has 0 radical (unpaired) electrons. The van der Waals surface area contributed by atoms with Crippen molar-refractivity contribution in [1.29, 1.82) is 0 Å². The van der Waals surface area contributed by atoms with Gasteiger partial charge in [0.2, 0.25) is 5.91 Å². The van der Waals surface area contributed by atoms with Crippen molar-refractivity contribution in [1.82, 2.24) is 10.2 Å². The Hall–Kier alpha value is -0.0300. The summed E-state index contributed by atoms with van der Waals surface area (Å²) in [7, 11) is 0. The molecule has 1 rings (SSSR count). The van der Waals surface area contributed by atoms with E-state index in [1.165, 1.54) is 25.9 Å². The van der Waals surface area contributed by atoms with Crippen molar-refractivity contribution in [3.63, 3.8) is 0 Å². The lowest BCUT2D eigenvalue weighted by atomic mass is 9.87. The van der Waals surface area contributed by atoms with Gasteiger partial charge in [-0.25, -0.2) is 0 Å². The number of nitrogens with two attached hydrogens (primary N) is 1. The summed E-state index contributed by atoms with van der Waals surface area (Å²) in [6.45, 7) is 9.95. The molecule has 0 unspecified atom stereocenters. The van der Waals surface area contributed by atoms with Crippen LogP contribution in [0, 0.1) is 5.41 Å². The van der Waals surface area contributed by atoms with Crippen LogP contribution in [0.15, 0.2) is 0 Å². The monoisotopic (exact) mass is 299 g/mol. The van der Waals surface area contributed by atoms with Gasteiger partial charge in [-0.1, -0.05) is 20.8 Å². The summed E-state index contributed by atoms with van der Waals surface area (Å²) >= 11 is 0. The first-order valence-electron chi connectivity index (χ1n) is 6.17. The van der Waals surface area contributed by atoms with Gasteiger partial charge >= 0.3 is 0 Å². The van der Waals surface area contributed by atoms with Crippen LogP contribution in [0.25, 0.3) is 0 Å². The maximum Gasteiger partial charge on any atom is 0.237 e. The molecule has 1 heterocycles. The Morgan fingerprint density at radius 1 is 1.28 bits per heavy atom. The van der Waals surface area contributed by atoms with Gasteiger partial charge in [-0.15, -0.1) is 24.8 Å². The number of likely N-dealkylation sites (tertiary alicyclic amines) is 1. The summed E-state index contributed by atoms with van der Waals surface area (Å²) in [5.74, 6) is -0.0355. The molecule has 0 aromatic rings. The lowest BCUT2D eigenvalue weighted by molar-refractivity contribution is -0.124. The van der Waals surface area contributed by atoms with Gasteiger partial charge in [0.05, 0.1) is 6.04 Å². The van der Waals surface area contributed by atoms with Gasteiger partial charge in [-0.05, 0) is 31.3 Å². The van der Waals surface area contributed by atoms with Gasteiger partial charge in [0, 0.05) is 13.1 Å². The van der Waals surface area contributed by atoms with Crippen LogP contribution < -0.4 is 11.1 Å². The molecular formula is C12H27Cl2N3O. The van der Waals surface area contributed by atoms with Crippen LogP contribution in [0.1, 0.15) is 33.6 Å². The van der Waals surface area contributed by atoms with Gasteiger partial charge in [-0.3, -0.25) is 4.79 Å². The Morgan fingerprint density at radius 3 is 2.22 bits per heavy atom. The molecule has 0 saturated carbocycles. The van der Waals surface area contributed by atoms with Gasteiger partial charge in [0.1, 0.15) is 0 Å². The topological polar surface area (TPSA) is 58.4 Å². The number of amides is 1. The zero-order chi connectivity index (χ0) is 12.2. The Kier molecular flexibility index (Phi) is 10.1. The molecule has 1 fully saturated rings. The van der Waals surface area contributed by atoms with E-state index in [1.54, 1.807) is 0 Å². The maximum absolute atomic E-state index is 11.7. The summed E-state index contributed by atoms with van der Waals surface area (Å²) in [5.41, 5.74) is 5.69.